The Morgan fingerprint density at radius 3 is 2.62 bits per heavy atom. The number of piperazine rings is 1. The van der Waals surface area contributed by atoms with Crippen molar-refractivity contribution in [3.8, 4) is 0 Å². The van der Waals surface area contributed by atoms with Crippen LogP contribution in [-0.2, 0) is 13.1 Å². The Bertz CT molecular complexity index is 834. The third-order valence-corrected chi connectivity index (χ3v) is 5.45. The number of anilines is 1. The molecule has 0 saturated carbocycles. The predicted octanol–water partition coefficient (Wildman–Crippen LogP) is 3.40. The minimum atomic E-state index is 0.574. The molecule has 0 radical (unpaired) electrons. The first-order chi connectivity index (χ1) is 14.0. The molecule has 0 amide bonds. The van der Waals surface area contributed by atoms with E-state index in [2.05, 4.69) is 38.5 Å². The second-order valence-electron chi connectivity index (χ2n) is 7.10. The molecular formula is C21H28Cl2N6. The van der Waals surface area contributed by atoms with Gasteiger partial charge in [-0.05, 0) is 49.4 Å². The van der Waals surface area contributed by atoms with Gasteiger partial charge in [0.15, 0.2) is 5.96 Å². The number of halogens is 2. The van der Waals surface area contributed by atoms with Gasteiger partial charge < -0.3 is 20.4 Å². The summed E-state index contributed by atoms with van der Waals surface area (Å²) in [7, 11) is 2.16. The standard InChI is InChI=1S/C21H28Cl2N6/c1-3-24-21(27-15-17-4-5-18(22)13-19(17)23)26-14-16-6-7-25-20(12-16)29-10-8-28(2)9-11-29/h4-7,12-13H,3,8-11,14-15H2,1-2H3,(H2,24,26,27). The quantitative estimate of drug-likeness (QED) is 0.538. The van der Waals surface area contributed by atoms with Crippen LogP contribution < -0.4 is 15.5 Å². The molecule has 0 spiro atoms. The van der Waals surface area contributed by atoms with Crippen LogP contribution in [0.3, 0.4) is 0 Å². The van der Waals surface area contributed by atoms with Gasteiger partial charge in [-0.1, -0.05) is 29.3 Å². The van der Waals surface area contributed by atoms with Gasteiger partial charge in [-0.25, -0.2) is 9.98 Å². The summed E-state index contributed by atoms with van der Waals surface area (Å²) in [6, 6.07) is 9.66. The molecule has 1 aromatic heterocycles. The van der Waals surface area contributed by atoms with Crippen molar-refractivity contribution in [3.63, 3.8) is 0 Å². The third-order valence-electron chi connectivity index (χ3n) is 4.86. The number of aliphatic imine (C=N–C) groups is 1. The molecule has 3 rings (SSSR count). The minimum Gasteiger partial charge on any atom is -0.357 e. The van der Waals surface area contributed by atoms with Crippen LogP contribution in [0.1, 0.15) is 18.1 Å². The van der Waals surface area contributed by atoms with E-state index in [0.29, 0.717) is 23.1 Å². The van der Waals surface area contributed by atoms with E-state index in [1.165, 1.54) is 0 Å². The second-order valence-corrected chi connectivity index (χ2v) is 7.94. The molecule has 1 saturated heterocycles. The second kappa shape index (κ2) is 10.7. The minimum absolute atomic E-state index is 0.574. The summed E-state index contributed by atoms with van der Waals surface area (Å²) in [5.41, 5.74) is 2.11. The van der Waals surface area contributed by atoms with Crippen molar-refractivity contribution in [1.82, 2.24) is 20.5 Å². The molecule has 1 aliphatic rings. The van der Waals surface area contributed by atoms with Crippen molar-refractivity contribution in [2.45, 2.75) is 20.0 Å². The number of benzene rings is 1. The zero-order chi connectivity index (χ0) is 20.6. The highest BCUT2D eigenvalue weighted by atomic mass is 35.5. The first-order valence-electron chi connectivity index (χ1n) is 9.89. The van der Waals surface area contributed by atoms with Gasteiger partial charge in [0.05, 0.1) is 6.54 Å². The normalized spacial score (nSPS) is 15.4. The number of hydrogen-bond acceptors (Lipinski definition) is 4. The van der Waals surface area contributed by atoms with Gasteiger partial charge in [0.25, 0.3) is 0 Å². The van der Waals surface area contributed by atoms with E-state index in [-0.39, 0.29) is 0 Å². The zero-order valence-electron chi connectivity index (χ0n) is 17.0. The lowest BCUT2D eigenvalue weighted by molar-refractivity contribution is 0.312. The molecule has 29 heavy (non-hydrogen) atoms. The first-order valence-corrected chi connectivity index (χ1v) is 10.6. The van der Waals surface area contributed by atoms with Crippen molar-refractivity contribution >= 4 is 35.0 Å². The van der Waals surface area contributed by atoms with Crippen LogP contribution in [0.4, 0.5) is 5.82 Å². The van der Waals surface area contributed by atoms with E-state index in [4.69, 9.17) is 28.2 Å². The highest BCUT2D eigenvalue weighted by molar-refractivity contribution is 6.35. The van der Waals surface area contributed by atoms with E-state index in [1.54, 1.807) is 6.07 Å². The molecule has 156 valence electrons. The Kier molecular flexibility index (Phi) is 7.98. The molecule has 0 unspecified atom stereocenters. The number of nitrogens with zero attached hydrogens (tertiary/aromatic N) is 4. The fourth-order valence-electron chi connectivity index (χ4n) is 3.12. The fourth-order valence-corrected chi connectivity index (χ4v) is 3.60. The average molecular weight is 435 g/mol. The molecule has 0 atom stereocenters. The molecule has 8 heteroatoms. The number of pyridine rings is 1. The molecule has 0 aliphatic carbocycles. The van der Waals surface area contributed by atoms with Gasteiger partial charge >= 0.3 is 0 Å². The van der Waals surface area contributed by atoms with Crippen LogP contribution in [0.5, 0.6) is 0 Å². The lowest BCUT2D eigenvalue weighted by Crippen LogP contribution is -2.44. The summed E-state index contributed by atoms with van der Waals surface area (Å²) in [6.45, 7) is 8.10. The maximum atomic E-state index is 6.26. The number of hydrogen-bond donors (Lipinski definition) is 2. The van der Waals surface area contributed by atoms with Crippen LogP contribution in [0.2, 0.25) is 10.0 Å². The van der Waals surface area contributed by atoms with Gasteiger partial charge in [-0.3, -0.25) is 0 Å². The smallest absolute Gasteiger partial charge is 0.191 e. The SMILES string of the molecule is CCNC(=NCc1ccnc(N2CCN(C)CC2)c1)NCc1ccc(Cl)cc1Cl. The van der Waals surface area contributed by atoms with E-state index in [9.17, 15) is 0 Å². The van der Waals surface area contributed by atoms with Crippen molar-refractivity contribution in [1.29, 1.82) is 0 Å². The molecule has 0 bridgehead atoms. The Morgan fingerprint density at radius 2 is 1.90 bits per heavy atom. The summed E-state index contributed by atoms with van der Waals surface area (Å²) >= 11 is 12.2. The van der Waals surface area contributed by atoms with Crippen molar-refractivity contribution in [2.24, 2.45) is 4.99 Å². The molecule has 1 aromatic carbocycles. The highest BCUT2D eigenvalue weighted by Gasteiger charge is 2.15. The summed E-state index contributed by atoms with van der Waals surface area (Å²) in [5.74, 6) is 1.77. The summed E-state index contributed by atoms with van der Waals surface area (Å²) in [5, 5.41) is 7.88. The highest BCUT2D eigenvalue weighted by Crippen LogP contribution is 2.20. The number of nitrogens with one attached hydrogen (secondary N) is 2. The van der Waals surface area contributed by atoms with Crippen LogP contribution in [0.15, 0.2) is 41.5 Å². The molecule has 2 aromatic rings. The molecular weight excluding hydrogens is 407 g/mol. The van der Waals surface area contributed by atoms with Crippen LogP contribution >= 0.6 is 23.2 Å². The lowest BCUT2D eigenvalue weighted by atomic mass is 10.2. The van der Waals surface area contributed by atoms with Gasteiger partial charge in [0.1, 0.15) is 5.82 Å². The molecule has 2 heterocycles. The van der Waals surface area contributed by atoms with Gasteiger partial charge in [0.2, 0.25) is 0 Å². The summed E-state index contributed by atoms with van der Waals surface area (Å²) < 4.78 is 0. The summed E-state index contributed by atoms with van der Waals surface area (Å²) in [6.07, 6.45) is 1.87. The van der Waals surface area contributed by atoms with Crippen molar-refractivity contribution < 1.29 is 0 Å². The average Bonchev–Trinajstić information content (AvgIpc) is 2.72. The maximum absolute atomic E-state index is 6.26. The van der Waals surface area contributed by atoms with Crippen molar-refractivity contribution in [2.75, 3.05) is 44.7 Å². The van der Waals surface area contributed by atoms with Crippen molar-refractivity contribution in [3.05, 3.63) is 57.7 Å². The molecule has 6 nitrogen and oxygen atoms in total. The number of rotatable bonds is 6. The van der Waals surface area contributed by atoms with E-state index in [1.807, 2.05) is 31.3 Å². The maximum Gasteiger partial charge on any atom is 0.191 e. The van der Waals surface area contributed by atoms with Gasteiger partial charge in [-0.15, -0.1) is 0 Å². The van der Waals surface area contributed by atoms with Crippen LogP contribution in [0, 0.1) is 0 Å². The predicted molar refractivity (Wildman–Crippen MR) is 122 cm³/mol. The van der Waals surface area contributed by atoms with Crippen LogP contribution in [-0.4, -0.2) is 55.6 Å². The van der Waals surface area contributed by atoms with E-state index in [0.717, 1.165) is 55.6 Å². The molecule has 1 fully saturated rings. The Hall–Kier alpha value is -2.02. The summed E-state index contributed by atoms with van der Waals surface area (Å²) in [4.78, 5) is 13.9. The Balaban J connectivity index is 1.63. The van der Waals surface area contributed by atoms with Gasteiger partial charge in [0, 0.05) is 55.5 Å². The monoisotopic (exact) mass is 434 g/mol. The zero-order valence-corrected chi connectivity index (χ0v) is 18.5. The third kappa shape index (κ3) is 6.49. The molecule has 2 N–H and O–H groups in total. The Labute approximate surface area is 182 Å². The lowest BCUT2D eigenvalue weighted by Gasteiger charge is -2.33. The number of aromatic nitrogens is 1. The Morgan fingerprint density at radius 1 is 1.10 bits per heavy atom. The van der Waals surface area contributed by atoms with E-state index >= 15 is 0 Å². The molecule has 1 aliphatic heterocycles. The number of likely N-dealkylation sites (N-methyl/N-ethyl adjacent to an activating group) is 1. The largest absolute Gasteiger partial charge is 0.357 e. The van der Waals surface area contributed by atoms with E-state index < -0.39 is 0 Å². The number of guanidine groups is 1. The topological polar surface area (TPSA) is 55.8 Å². The fraction of sp³-hybridized carbons (Fsp3) is 0.429. The van der Waals surface area contributed by atoms with Gasteiger partial charge in [-0.2, -0.15) is 0 Å². The first kappa shape index (κ1) is 21.7. The van der Waals surface area contributed by atoms with Crippen LogP contribution in [0.25, 0.3) is 0 Å².